The van der Waals surface area contributed by atoms with Crippen molar-refractivity contribution in [3.63, 3.8) is 0 Å². The fraction of sp³-hybridized carbons (Fsp3) is 0.111. The second kappa shape index (κ2) is 6.27. The molecule has 0 aliphatic rings. The Kier molecular flexibility index (Phi) is 4.28. The van der Waals surface area contributed by atoms with Gasteiger partial charge in [0.25, 0.3) is 10.1 Å². The Morgan fingerprint density at radius 3 is 2.36 bits per heavy atom. The summed E-state index contributed by atoms with van der Waals surface area (Å²) < 4.78 is 32.4. The molecule has 25 heavy (non-hydrogen) atoms. The Labute approximate surface area is 145 Å². The van der Waals surface area contributed by atoms with E-state index < -0.39 is 20.8 Å². The van der Waals surface area contributed by atoms with Crippen molar-refractivity contribution in [3.05, 3.63) is 59.7 Å². The molecule has 0 amide bonds. The van der Waals surface area contributed by atoms with Crippen molar-refractivity contribution in [1.29, 1.82) is 0 Å². The summed E-state index contributed by atoms with van der Waals surface area (Å²) in [5, 5.41) is 19.6. The Bertz CT molecular complexity index is 1110. The lowest BCUT2D eigenvalue weighted by Crippen LogP contribution is -1.98. The minimum Gasteiger partial charge on any atom is -0.504 e. The highest BCUT2D eigenvalue weighted by Gasteiger charge is 2.21. The molecule has 2 N–H and O–H groups in total. The Hall–Kier alpha value is -2.77. The van der Waals surface area contributed by atoms with Gasteiger partial charge in [-0.05, 0) is 36.9 Å². The van der Waals surface area contributed by atoms with Crippen LogP contribution >= 0.6 is 0 Å². The number of aromatic hydroxyl groups is 1. The molecule has 0 unspecified atom stereocenters. The van der Waals surface area contributed by atoms with Crippen LogP contribution in [-0.4, -0.2) is 18.1 Å². The molecule has 0 aromatic heterocycles. The van der Waals surface area contributed by atoms with Crippen LogP contribution in [0.3, 0.4) is 0 Å². The van der Waals surface area contributed by atoms with Crippen LogP contribution < -0.4 is 0 Å². The number of hydrogen-bond acceptors (Lipinski definition) is 5. The number of phenols is 1. The lowest BCUT2D eigenvalue weighted by atomic mass is 10.1. The van der Waals surface area contributed by atoms with Gasteiger partial charge in [0, 0.05) is 5.39 Å². The normalized spacial score (nSPS) is 12.1. The molecule has 128 valence electrons. The Morgan fingerprint density at radius 1 is 0.960 bits per heavy atom. The topological polar surface area (TPSA) is 99.3 Å². The van der Waals surface area contributed by atoms with E-state index in [9.17, 15) is 18.1 Å². The third-order valence-electron chi connectivity index (χ3n) is 3.85. The summed E-state index contributed by atoms with van der Waals surface area (Å²) in [5.74, 6) is -0.630. The molecule has 0 fully saturated rings. The zero-order chi connectivity index (χ0) is 18.2. The standard InChI is InChI=1S/C18H16N2O4S/c1-11-7-8-15(12(2)9-11)19-20-17-14-6-4-3-5-13(14)10-16(18(17)21)25(22,23)24/h3-10,21H,1-2H3,(H,22,23,24). The highest BCUT2D eigenvalue weighted by molar-refractivity contribution is 7.86. The molecule has 0 heterocycles. The summed E-state index contributed by atoms with van der Waals surface area (Å²) in [5.41, 5.74) is 2.58. The summed E-state index contributed by atoms with van der Waals surface area (Å²) in [6.07, 6.45) is 0. The van der Waals surface area contributed by atoms with Gasteiger partial charge in [0.1, 0.15) is 10.6 Å². The number of benzene rings is 3. The van der Waals surface area contributed by atoms with Gasteiger partial charge >= 0.3 is 0 Å². The van der Waals surface area contributed by atoms with Gasteiger partial charge in [-0.15, -0.1) is 5.11 Å². The van der Waals surface area contributed by atoms with Crippen LogP contribution in [-0.2, 0) is 10.1 Å². The second-order valence-electron chi connectivity index (χ2n) is 5.76. The summed E-state index contributed by atoms with van der Waals surface area (Å²) in [7, 11) is -4.60. The maximum atomic E-state index is 11.5. The van der Waals surface area contributed by atoms with Crippen LogP contribution in [0.1, 0.15) is 11.1 Å². The maximum absolute atomic E-state index is 11.5. The first kappa shape index (κ1) is 17.1. The van der Waals surface area contributed by atoms with Gasteiger partial charge in [0.05, 0.1) is 5.69 Å². The zero-order valence-electron chi connectivity index (χ0n) is 13.6. The van der Waals surface area contributed by atoms with E-state index in [2.05, 4.69) is 10.2 Å². The average molecular weight is 356 g/mol. The van der Waals surface area contributed by atoms with Crippen molar-refractivity contribution in [1.82, 2.24) is 0 Å². The van der Waals surface area contributed by atoms with E-state index >= 15 is 0 Å². The van der Waals surface area contributed by atoms with E-state index in [1.54, 1.807) is 30.3 Å². The SMILES string of the molecule is Cc1ccc(N=Nc2c(O)c(S(=O)(=O)O)cc3ccccc23)c(C)c1. The predicted molar refractivity (Wildman–Crippen MR) is 95.5 cm³/mol. The quantitative estimate of drug-likeness (QED) is 0.519. The zero-order valence-corrected chi connectivity index (χ0v) is 14.4. The first-order chi connectivity index (χ1) is 11.8. The van der Waals surface area contributed by atoms with Crippen LogP contribution in [0.25, 0.3) is 10.8 Å². The van der Waals surface area contributed by atoms with Crippen molar-refractivity contribution in [2.75, 3.05) is 0 Å². The third-order valence-corrected chi connectivity index (χ3v) is 4.72. The van der Waals surface area contributed by atoms with Crippen LogP contribution in [0.2, 0.25) is 0 Å². The molecule has 0 aliphatic carbocycles. The number of hydrogen-bond donors (Lipinski definition) is 2. The van der Waals surface area contributed by atoms with Crippen molar-refractivity contribution in [2.24, 2.45) is 10.2 Å². The first-order valence-corrected chi connectivity index (χ1v) is 8.92. The monoisotopic (exact) mass is 356 g/mol. The molecule has 0 spiro atoms. The van der Waals surface area contributed by atoms with Crippen LogP contribution in [0.5, 0.6) is 5.75 Å². The van der Waals surface area contributed by atoms with Crippen molar-refractivity contribution >= 4 is 32.3 Å². The number of aryl methyl sites for hydroxylation is 2. The summed E-state index contributed by atoms with van der Waals surface area (Å²) in [6.45, 7) is 3.84. The van der Waals surface area contributed by atoms with E-state index in [-0.39, 0.29) is 5.69 Å². The van der Waals surface area contributed by atoms with E-state index in [1.807, 2.05) is 26.0 Å². The minimum absolute atomic E-state index is 0.00861. The lowest BCUT2D eigenvalue weighted by molar-refractivity contribution is 0.445. The van der Waals surface area contributed by atoms with E-state index in [4.69, 9.17) is 0 Å². The summed E-state index contributed by atoms with van der Waals surface area (Å²) in [4.78, 5) is -0.597. The van der Waals surface area contributed by atoms with Gasteiger partial charge in [0.2, 0.25) is 0 Å². The second-order valence-corrected chi connectivity index (χ2v) is 7.15. The van der Waals surface area contributed by atoms with Gasteiger partial charge in [-0.1, -0.05) is 42.0 Å². The highest BCUT2D eigenvalue weighted by Crippen LogP contribution is 2.41. The molecule has 0 atom stereocenters. The summed E-state index contributed by atoms with van der Waals surface area (Å²) >= 11 is 0. The number of azo groups is 1. The smallest absolute Gasteiger partial charge is 0.298 e. The van der Waals surface area contributed by atoms with Crippen LogP contribution in [0.4, 0.5) is 11.4 Å². The number of phenolic OH excluding ortho intramolecular Hbond substituents is 1. The van der Waals surface area contributed by atoms with Gasteiger partial charge in [-0.3, -0.25) is 4.55 Å². The molecule has 3 aromatic carbocycles. The lowest BCUT2D eigenvalue weighted by Gasteiger charge is -2.08. The number of fused-ring (bicyclic) bond motifs is 1. The van der Waals surface area contributed by atoms with E-state index in [0.29, 0.717) is 16.5 Å². The van der Waals surface area contributed by atoms with E-state index in [0.717, 1.165) is 11.1 Å². The number of nitrogens with zero attached hydrogens (tertiary/aromatic N) is 2. The molecular weight excluding hydrogens is 340 g/mol. The molecule has 3 aromatic rings. The molecule has 0 saturated carbocycles. The van der Waals surface area contributed by atoms with Crippen molar-refractivity contribution < 1.29 is 18.1 Å². The fourth-order valence-electron chi connectivity index (χ4n) is 2.61. The van der Waals surface area contributed by atoms with Gasteiger partial charge in [0.15, 0.2) is 5.75 Å². The molecule has 7 heteroatoms. The van der Waals surface area contributed by atoms with Crippen LogP contribution in [0.15, 0.2) is 63.7 Å². The van der Waals surface area contributed by atoms with Crippen molar-refractivity contribution in [2.45, 2.75) is 18.7 Å². The first-order valence-electron chi connectivity index (χ1n) is 7.48. The number of rotatable bonds is 3. The maximum Gasteiger partial charge on any atom is 0.298 e. The average Bonchev–Trinajstić information content (AvgIpc) is 2.54. The molecule has 6 nitrogen and oxygen atoms in total. The molecule has 0 bridgehead atoms. The molecule has 3 rings (SSSR count). The molecular formula is C18H16N2O4S. The predicted octanol–water partition coefficient (Wildman–Crippen LogP) is 4.82. The van der Waals surface area contributed by atoms with E-state index in [1.165, 1.54) is 6.07 Å². The van der Waals surface area contributed by atoms with Gasteiger partial charge in [-0.2, -0.15) is 13.5 Å². The fourth-order valence-corrected chi connectivity index (χ4v) is 3.23. The third kappa shape index (κ3) is 3.38. The van der Waals surface area contributed by atoms with Gasteiger partial charge < -0.3 is 5.11 Å². The minimum atomic E-state index is -4.60. The largest absolute Gasteiger partial charge is 0.504 e. The highest BCUT2D eigenvalue weighted by atomic mass is 32.2. The summed E-state index contributed by atoms with van der Waals surface area (Å²) in [6, 6.07) is 13.6. The molecule has 0 aliphatic heterocycles. The molecule has 0 radical (unpaired) electrons. The van der Waals surface area contributed by atoms with Crippen molar-refractivity contribution in [3.8, 4) is 5.75 Å². The molecule has 0 saturated heterocycles. The van der Waals surface area contributed by atoms with Gasteiger partial charge in [-0.25, -0.2) is 0 Å². The van der Waals surface area contributed by atoms with Crippen LogP contribution in [0, 0.1) is 13.8 Å². The Morgan fingerprint density at radius 2 is 1.68 bits per heavy atom. The Balaban J connectivity index is 2.24.